The zero-order valence-electron chi connectivity index (χ0n) is 17.5. The van der Waals surface area contributed by atoms with Gasteiger partial charge in [-0.25, -0.2) is 4.79 Å². The van der Waals surface area contributed by atoms with Crippen molar-refractivity contribution < 1.29 is 34.0 Å². The largest absolute Gasteiger partial charge is 0.394 e. The molecule has 0 saturated carbocycles. The van der Waals surface area contributed by atoms with Crippen LogP contribution in [0.15, 0.2) is 46.1 Å². The molecule has 3 heterocycles. The van der Waals surface area contributed by atoms with Crippen LogP contribution in [-0.2, 0) is 14.2 Å². The van der Waals surface area contributed by atoms with Crippen LogP contribution in [0.25, 0.3) is 0 Å². The summed E-state index contributed by atoms with van der Waals surface area (Å²) in [7, 11) is 0. The van der Waals surface area contributed by atoms with Crippen LogP contribution in [0.5, 0.6) is 0 Å². The lowest BCUT2D eigenvalue weighted by molar-refractivity contribution is -0.0846. The highest BCUT2D eigenvalue weighted by molar-refractivity contribution is 6.21. The predicted octanol–water partition coefficient (Wildman–Crippen LogP) is -1.51. The summed E-state index contributed by atoms with van der Waals surface area (Å²) in [5, 5.41) is 19.8. The summed E-state index contributed by atoms with van der Waals surface area (Å²) in [5.41, 5.74) is -0.604. The van der Waals surface area contributed by atoms with Gasteiger partial charge in [-0.15, -0.1) is 0 Å². The number of imide groups is 1. The second-order valence-electron chi connectivity index (χ2n) is 7.51. The number of amides is 2. The number of aromatic nitrogens is 2. The number of carbonyl (C=O) groups is 2. The molecule has 2 aliphatic heterocycles. The number of hydrogen-bond donors (Lipinski definition) is 3. The van der Waals surface area contributed by atoms with Crippen molar-refractivity contribution in [1.29, 1.82) is 0 Å². The van der Waals surface area contributed by atoms with Crippen LogP contribution in [0.1, 0.15) is 26.9 Å². The minimum Gasteiger partial charge on any atom is -0.394 e. The molecule has 2 aromatic rings. The Hall–Kier alpha value is -3.16. The van der Waals surface area contributed by atoms with E-state index in [9.17, 15) is 29.4 Å². The minimum atomic E-state index is -1.22. The molecule has 0 aliphatic carbocycles. The summed E-state index contributed by atoms with van der Waals surface area (Å²) in [5.74, 6) is -0.739. The molecule has 0 bridgehead atoms. The van der Waals surface area contributed by atoms with E-state index in [4.69, 9.17) is 14.2 Å². The number of nitrogens with zero attached hydrogens (tertiary/aromatic N) is 2. The minimum absolute atomic E-state index is 0.0000421. The smallest absolute Gasteiger partial charge is 0.330 e. The molecular formula is C21H23N3O9. The Morgan fingerprint density at radius 1 is 1.00 bits per heavy atom. The van der Waals surface area contributed by atoms with Crippen molar-refractivity contribution in [2.45, 2.75) is 24.5 Å². The molecule has 0 spiro atoms. The van der Waals surface area contributed by atoms with E-state index in [1.807, 2.05) is 0 Å². The quantitative estimate of drug-likeness (QED) is 0.298. The van der Waals surface area contributed by atoms with E-state index in [2.05, 4.69) is 4.98 Å². The van der Waals surface area contributed by atoms with Gasteiger partial charge < -0.3 is 24.4 Å². The van der Waals surface area contributed by atoms with Crippen molar-refractivity contribution in [3.05, 3.63) is 68.5 Å². The van der Waals surface area contributed by atoms with Crippen LogP contribution in [-0.4, -0.2) is 87.8 Å². The molecule has 33 heavy (non-hydrogen) atoms. The van der Waals surface area contributed by atoms with E-state index in [0.717, 1.165) is 15.5 Å². The molecule has 2 aliphatic rings. The van der Waals surface area contributed by atoms with Gasteiger partial charge in [0.25, 0.3) is 17.4 Å². The fraction of sp³-hybridized carbons (Fsp3) is 0.429. The lowest BCUT2D eigenvalue weighted by Gasteiger charge is -2.22. The van der Waals surface area contributed by atoms with Gasteiger partial charge in [0, 0.05) is 12.3 Å². The maximum Gasteiger partial charge on any atom is 0.330 e. The van der Waals surface area contributed by atoms with Crippen molar-refractivity contribution >= 4 is 11.8 Å². The molecule has 3 N–H and O–H groups in total. The Bertz CT molecular complexity index is 1110. The topological polar surface area (TPSA) is 160 Å². The van der Waals surface area contributed by atoms with Crippen LogP contribution < -0.4 is 11.2 Å². The molecule has 2 amide bonds. The van der Waals surface area contributed by atoms with E-state index in [1.165, 1.54) is 6.20 Å². The zero-order chi connectivity index (χ0) is 23.5. The van der Waals surface area contributed by atoms with Gasteiger partial charge in [0.1, 0.15) is 18.3 Å². The van der Waals surface area contributed by atoms with Crippen molar-refractivity contribution in [2.75, 3.05) is 33.0 Å². The number of nitrogens with one attached hydrogen (secondary N) is 1. The molecule has 1 aromatic carbocycles. The fourth-order valence-corrected chi connectivity index (χ4v) is 3.84. The Kier molecular flexibility index (Phi) is 6.81. The van der Waals surface area contributed by atoms with E-state index in [0.29, 0.717) is 11.1 Å². The summed E-state index contributed by atoms with van der Waals surface area (Å²) < 4.78 is 17.7. The van der Waals surface area contributed by atoms with Gasteiger partial charge in [-0.1, -0.05) is 12.1 Å². The molecule has 1 aromatic heterocycles. The van der Waals surface area contributed by atoms with Gasteiger partial charge >= 0.3 is 5.69 Å². The summed E-state index contributed by atoms with van der Waals surface area (Å²) in [6, 6.07) is 7.71. The van der Waals surface area contributed by atoms with E-state index < -0.39 is 42.4 Å². The summed E-state index contributed by atoms with van der Waals surface area (Å²) in [6.45, 7) is -0.264. The van der Waals surface area contributed by atoms with Crippen LogP contribution in [0.3, 0.4) is 0 Å². The first-order valence-corrected chi connectivity index (χ1v) is 10.3. The normalized spacial score (nSPS) is 24.5. The average Bonchev–Trinajstić information content (AvgIpc) is 3.24. The summed E-state index contributed by atoms with van der Waals surface area (Å²) in [6.07, 6.45) is -3.07. The first kappa shape index (κ1) is 23.0. The first-order valence-electron chi connectivity index (χ1n) is 10.3. The SMILES string of the molecule is O=C1c2ccccc2C(=O)N1CCOCCOC1C(O)C(CO)OC1n1ccc(=O)[nH]c1=O. The Balaban J connectivity index is 1.28. The summed E-state index contributed by atoms with van der Waals surface area (Å²) in [4.78, 5) is 51.3. The number of aromatic amines is 1. The monoisotopic (exact) mass is 461 g/mol. The Morgan fingerprint density at radius 3 is 2.33 bits per heavy atom. The molecule has 1 saturated heterocycles. The first-order chi connectivity index (χ1) is 15.9. The van der Waals surface area contributed by atoms with Crippen molar-refractivity contribution in [2.24, 2.45) is 0 Å². The molecule has 12 heteroatoms. The van der Waals surface area contributed by atoms with Gasteiger partial charge in [-0.05, 0) is 12.1 Å². The third kappa shape index (κ3) is 4.51. The molecule has 12 nitrogen and oxygen atoms in total. The molecule has 4 rings (SSSR count). The fourth-order valence-electron chi connectivity index (χ4n) is 3.84. The van der Waals surface area contributed by atoms with E-state index in [-0.39, 0.29) is 38.2 Å². The van der Waals surface area contributed by atoms with Gasteiger partial charge in [0.15, 0.2) is 6.23 Å². The van der Waals surface area contributed by atoms with Crippen molar-refractivity contribution in [1.82, 2.24) is 14.5 Å². The number of H-pyrrole nitrogens is 1. The van der Waals surface area contributed by atoms with E-state index >= 15 is 0 Å². The zero-order valence-corrected chi connectivity index (χ0v) is 17.5. The number of carbonyl (C=O) groups excluding carboxylic acids is 2. The Labute approximate surface area is 186 Å². The van der Waals surface area contributed by atoms with E-state index in [1.54, 1.807) is 24.3 Å². The standard InChI is InChI=1S/C21H23N3O9/c25-11-14-16(27)17(20(33-14)24-6-5-15(26)22-21(24)30)32-10-9-31-8-7-23-18(28)12-3-1-2-4-13(12)19(23)29/h1-6,14,16-17,20,25,27H,7-11H2,(H,22,26,30). The highest BCUT2D eigenvalue weighted by atomic mass is 16.6. The van der Waals surface area contributed by atoms with Gasteiger partial charge in [0.2, 0.25) is 0 Å². The number of hydrogen-bond acceptors (Lipinski definition) is 9. The predicted molar refractivity (Wildman–Crippen MR) is 111 cm³/mol. The van der Waals surface area contributed by atoms with Crippen LogP contribution in [0.4, 0.5) is 0 Å². The average molecular weight is 461 g/mol. The van der Waals surface area contributed by atoms with Crippen LogP contribution in [0, 0.1) is 0 Å². The molecular weight excluding hydrogens is 438 g/mol. The molecule has 4 unspecified atom stereocenters. The molecule has 4 atom stereocenters. The highest BCUT2D eigenvalue weighted by Crippen LogP contribution is 2.30. The molecule has 1 fully saturated rings. The lowest BCUT2D eigenvalue weighted by atomic mass is 10.1. The maximum absolute atomic E-state index is 12.3. The Morgan fingerprint density at radius 2 is 1.70 bits per heavy atom. The van der Waals surface area contributed by atoms with Gasteiger partial charge in [-0.2, -0.15) is 0 Å². The van der Waals surface area contributed by atoms with Gasteiger partial charge in [0.05, 0.1) is 44.1 Å². The third-order valence-electron chi connectivity index (χ3n) is 5.49. The number of benzene rings is 1. The van der Waals surface area contributed by atoms with Crippen molar-refractivity contribution in [3.8, 4) is 0 Å². The van der Waals surface area contributed by atoms with Crippen LogP contribution >= 0.6 is 0 Å². The second kappa shape index (κ2) is 9.77. The number of ether oxygens (including phenoxy) is 3. The second-order valence-corrected chi connectivity index (χ2v) is 7.51. The van der Waals surface area contributed by atoms with Crippen LogP contribution in [0.2, 0.25) is 0 Å². The number of aliphatic hydroxyl groups excluding tert-OH is 2. The number of rotatable bonds is 9. The number of aliphatic hydroxyl groups is 2. The maximum atomic E-state index is 12.3. The molecule has 0 radical (unpaired) electrons. The molecule has 176 valence electrons. The lowest BCUT2D eigenvalue weighted by Crippen LogP contribution is -2.40. The third-order valence-corrected chi connectivity index (χ3v) is 5.49. The number of fused-ring (bicyclic) bond motifs is 1. The summed E-state index contributed by atoms with van der Waals surface area (Å²) >= 11 is 0. The highest BCUT2D eigenvalue weighted by Gasteiger charge is 2.45. The van der Waals surface area contributed by atoms with Crippen molar-refractivity contribution in [3.63, 3.8) is 0 Å². The van der Waals surface area contributed by atoms with Gasteiger partial charge in [-0.3, -0.25) is 28.8 Å².